The molecule has 1 aromatic heterocycles. The number of hydrogen-bond donors (Lipinski definition) is 1. The lowest BCUT2D eigenvalue weighted by Crippen LogP contribution is -2.16. The van der Waals surface area contributed by atoms with Crippen LogP contribution in [0.2, 0.25) is 0 Å². The summed E-state index contributed by atoms with van der Waals surface area (Å²) < 4.78 is 5.19. The molecule has 1 aliphatic carbocycles. The third kappa shape index (κ3) is 3.66. The molecule has 0 amide bonds. The lowest BCUT2D eigenvalue weighted by atomic mass is 9.80. The second kappa shape index (κ2) is 6.85. The second-order valence-electron chi connectivity index (χ2n) is 5.41. The second-order valence-corrected chi connectivity index (χ2v) is 5.41. The Balaban J connectivity index is 2.12. The van der Waals surface area contributed by atoms with Gasteiger partial charge in [-0.3, -0.25) is 0 Å². The van der Waals surface area contributed by atoms with E-state index in [9.17, 15) is 0 Å². The summed E-state index contributed by atoms with van der Waals surface area (Å²) in [5.74, 6) is 3.32. The van der Waals surface area contributed by atoms with Gasteiger partial charge >= 0.3 is 0 Å². The molecule has 1 saturated carbocycles. The van der Waals surface area contributed by atoms with Crippen LogP contribution in [0.4, 0.5) is 5.82 Å². The Bertz CT molecular complexity index is 400. The zero-order chi connectivity index (χ0) is 13.7. The molecule has 0 atom stereocenters. The third-order valence-electron chi connectivity index (χ3n) is 4.13. The van der Waals surface area contributed by atoms with Crippen LogP contribution < -0.4 is 5.32 Å². The average molecular weight is 263 g/mol. The number of hydrogen-bond acceptors (Lipinski definition) is 4. The Morgan fingerprint density at radius 3 is 2.58 bits per heavy atom. The minimum Gasteiger partial charge on any atom is -0.378 e. The largest absolute Gasteiger partial charge is 0.378 e. The van der Waals surface area contributed by atoms with E-state index in [1.54, 1.807) is 7.11 Å². The smallest absolute Gasteiger partial charge is 0.134 e. The van der Waals surface area contributed by atoms with Crippen molar-refractivity contribution in [3.8, 4) is 0 Å². The molecule has 1 aromatic rings. The number of ether oxygens (including phenoxy) is 1. The van der Waals surface area contributed by atoms with E-state index in [1.807, 2.05) is 13.1 Å². The number of methoxy groups -OCH3 is 1. The van der Waals surface area contributed by atoms with Crippen LogP contribution in [0.25, 0.3) is 0 Å². The molecule has 0 unspecified atom stereocenters. The van der Waals surface area contributed by atoms with Gasteiger partial charge in [-0.05, 0) is 31.6 Å². The van der Waals surface area contributed by atoms with E-state index in [0.717, 1.165) is 23.3 Å². The normalized spacial score (nSPS) is 23.3. The summed E-state index contributed by atoms with van der Waals surface area (Å²) in [5.41, 5.74) is 0.967. The molecule has 1 aliphatic rings. The van der Waals surface area contributed by atoms with Crippen molar-refractivity contribution in [2.45, 2.75) is 51.6 Å². The molecule has 4 nitrogen and oxygen atoms in total. The van der Waals surface area contributed by atoms with Crippen molar-refractivity contribution in [3.63, 3.8) is 0 Å². The highest BCUT2D eigenvalue weighted by molar-refractivity contribution is 5.35. The molecule has 2 rings (SSSR count). The first-order valence-corrected chi connectivity index (χ1v) is 7.31. The van der Waals surface area contributed by atoms with E-state index >= 15 is 0 Å². The Kier molecular flexibility index (Phi) is 5.14. The van der Waals surface area contributed by atoms with Crippen molar-refractivity contribution in [3.05, 3.63) is 17.6 Å². The molecule has 0 bridgehead atoms. The number of nitrogens with one attached hydrogen (secondary N) is 1. The van der Waals surface area contributed by atoms with Gasteiger partial charge in [0.05, 0.1) is 12.3 Å². The highest BCUT2D eigenvalue weighted by atomic mass is 16.5. The Hall–Kier alpha value is -1.16. The minimum absolute atomic E-state index is 0.520. The van der Waals surface area contributed by atoms with Crippen molar-refractivity contribution >= 4 is 5.82 Å². The van der Waals surface area contributed by atoms with Crippen LogP contribution in [0.5, 0.6) is 0 Å². The standard InChI is InChI=1S/C15H25N3O/c1-4-11-5-7-12(8-6-11)15-17-13(10-19-3)9-14(16-2)18-15/h9,11-12H,4-8,10H2,1-3H3,(H,16,17,18). The van der Waals surface area contributed by atoms with E-state index in [4.69, 9.17) is 4.74 Å². The Morgan fingerprint density at radius 1 is 1.26 bits per heavy atom. The minimum atomic E-state index is 0.520. The molecule has 1 fully saturated rings. The number of rotatable bonds is 5. The average Bonchev–Trinajstić information content (AvgIpc) is 2.47. The van der Waals surface area contributed by atoms with Gasteiger partial charge in [0.25, 0.3) is 0 Å². The van der Waals surface area contributed by atoms with E-state index in [2.05, 4.69) is 22.2 Å². The number of nitrogens with zero attached hydrogens (tertiary/aromatic N) is 2. The summed E-state index contributed by atoms with van der Waals surface area (Å²) in [4.78, 5) is 9.30. The van der Waals surface area contributed by atoms with E-state index < -0.39 is 0 Å². The first-order chi connectivity index (χ1) is 9.26. The maximum Gasteiger partial charge on any atom is 0.134 e. The molecule has 1 heterocycles. The van der Waals surface area contributed by atoms with E-state index in [-0.39, 0.29) is 0 Å². The van der Waals surface area contributed by atoms with Gasteiger partial charge in [0.2, 0.25) is 0 Å². The lowest BCUT2D eigenvalue weighted by Gasteiger charge is -2.27. The van der Waals surface area contributed by atoms with Gasteiger partial charge < -0.3 is 10.1 Å². The van der Waals surface area contributed by atoms with Gasteiger partial charge in [-0.15, -0.1) is 0 Å². The quantitative estimate of drug-likeness (QED) is 0.885. The lowest BCUT2D eigenvalue weighted by molar-refractivity contribution is 0.181. The zero-order valence-corrected chi connectivity index (χ0v) is 12.3. The fraction of sp³-hybridized carbons (Fsp3) is 0.733. The summed E-state index contributed by atoms with van der Waals surface area (Å²) in [7, 11) is 3.60. The molecular weight excluding hydrogens is 238 g/mol. The molecule has 0 spiro atoms. The molecule has 0 radical (unpaired) electrons. The molecule has 1 N–H and O–H groups in total. The SMILES string of the molecule is CCC1CCC(c2nc(COC)cc(NC)n2)CC1. The van der Waals surface area contributed by atoms with E-state index in [0.29, 0.717) is 12.5 Å². The van der Waals surface area contributed by atoms with Gasteiger partial charge in [0.15, 0.2) is 0 Å². The molecular formula is C15H25N3O. The predicted octanol–water partition coefficient (Wildman–Crippen LogP) is 3.35. The highest BCUT2D eigenvalue weighted by Crippen LogP contribution is 2.35. The molecule has 0 aromatic carbocycles. The van der Waals surface area contributed by atoms with E-state index in [1.165, 1.54) is 32.1 Å². The topological polar surface area (TPSA) is 47.0 Å². The van der Waals surface area contributed by atoms with Gasteiger partial charge in [-0.1, -0.05) is 13.3 Å². The van der Waals surface area contributed by atoms with Gasteiger partial charge in [-0.25, -0.2) is 9.97 Å². The zero-order valence-electron chi connectivity index (χ0n) is 12.3. The van der Waals surface area contributed by atoms with Crippen LogP contribution >= 0.6 is 0 Å². The summed E-state index contributed by atoms with van der Waals surface area (Å²) in [6, 6.07) is 1.96. The fourth-order valence-corrected chi connectivity index (χ4v) is 2.88. The van der Waals surface area contributed by atoms with Crippen molar-refractivity contribution in [1.82, 2.24) is 9.97 Å². The summed E-state index contributed by atoms with van der Waals surface area (Å²) in [6.45, 7) is 2.84. The van der Waals surface area contributed by atoms with Gasteiger partial charge in [0.1, 0.15) is 11.6 Å². The van der Waals surface area contributed by atoms with Crippen LogP contribution in [-0.2, 0) is 11.3 Å². The van der Waals surface area contributed by atoms with Crippen LogP contribution in [-0.4, -0.2) is 24.1 Å². The predicted molar refractivity (Wildman–Crippen MR) is 77.3 cm³/mol. The Morgan fingerprint density at radius 2 is 2.00 bits per heavy atom. The molecule has 19 heavy (non-hydrogen) atoms. The van der Waals surface area contributed by atoms with Crippen LogP contribution in [0.15, 0.2) is 6.07 Å². The van der Waals surface area contributed by atoms with Crippen molar-refractivity contribution in [2.75, 3.05) is 19.5 Å². The van der Waals surface area contributed by atoms with Crippen LogP contribution in [0.1, 0.15) is 56.5 Å². The van der Waals surface area contributed by atoms with Crippen molar-refractivity contribution < 1.29 is 4.74 Å². The third-order valence-corrected chi connectivity index (χ3v) is 4.13. The monoisotopic (exact) mass is 263 g/mol. The first-order valence-electron chi connectivity index (χ1n) is 7.31. The number of anilines is 1. The number of aromatic nitrogens is 2. The van der Waals surface area contributed by atoms with Crippen LogP contribution in [0.3, 0.4) is 0 Å². The highest BCUT2D eigenvalue weighted by Gasteiger charge is 2.23. The van der Waals surface area contributed by atoms with Crippen molar-refractivity contribution in [1.29, 1.82) is 0 Å². The maximum atomic E-state index is 5.19. The molecule has 4 heteroatoms. The molecule has 106 valence electrons. The fourth-order valence-electron chi connectivity index (χ4n) is 2.88. The summed E-state index contributed by atoms with van der Waals surface area (Å²) in [6.07, 6.45) is 6.37. The molecule has 0 aliphatic heterocycles. The molecule has 0 saturated heterocycles. The Labute approximate surface area is 116 Å². The van der Waals surface area contributed by atoms with Crippen LogP contribution in [0, 0.1) is 5.92 Å². The van der Waals surface area contributed by atoms with Gasteiger partial charge in [-0.2, -0.15) is 0 Å². The summed E-state index contributed by atoms with van der Waals surface area (Å²) in [5, 5.41) is 3.12. The van der Waals surface area contributed by atoms with Gasteiger partial charge in [0, 0.05) is 26.1 Å². The maximum absolute atomic E-state index is 5.19. The first kappa shape index (κ1) is 14.3. The van der Waals surface area contributed by atoms with Crippen molar-refractivity contribution in [2.24, 2.45) is 5.92 Å². The summed E-state index contributed by atoms with van der Waals surface area (Å²) >= 11 is 0.